The van der Waals surface area contributed by atoms with Gasteiger partial charge in [-0.2, -0.15) is 5.26 Å². The van der Waals surface area contributed by atoms with Gasteiger partial charge in [0.25, 0.3) is 0 Å². The van der Waals surface area contributed by atoms with Gasteiger partial charge in [-0.25, -0.2) is 8.78 Å². The zero-order chi connectivity index (χ0) is 24.1. The predicted molar refractivity (Wildman–Crippen MR) is 129 cm³/mol. The summed E-state index contributed by atoms with van der Waals surface area (Å²) >= 11 is 0. The SMILES string of the molecule is CN1CC(n2/c(=N/C#N)[nH]c3cc(/C=C4\c5ccc(F)cc5COC5C=C(F)C=CC45)ccc32)C1. The van der Waals surface area contributed by atoms with E-state index in [-0.39, 0.29) is 30.2 Å². The van der Waals surface area contributed by atoms with E-state index in [1.807, 2.05) is 36.5 Å². The number of fused-ring (bicyclic) bond motifs is 3. The van der Waals surface area contributed by atoms with E-state index < -0.39 is 6.10 Å². The minimum absolute atomic E-state index is 0.202. The molecule has 0 saturated carbocycles. The van der Waals surface area contributed by atoms with Crippen LogP contribution < -0.4 is 5.62 Å². The Morgan fingerprint density at radius 3 is 2.86 bits per heavy atom. The molecule has 3 aliphatic rings. The van der Waals surface area contributed by atoms with E-state index in [9.17, 15) is 14.0 Å². The van der Waals surface area contributed by atoms with Gasteiger partial charge in [-0.3, -0.25) is 0 Å². The van der Waals surface area contributed by atoms with Crippen LogP contribution in [-0.2, 0) is 11.3 Å². The first-order valence-corrected chi connectivity index (χ1v) is 11.5. The Balaban J connectivity index is 1.49. The smallest absolute Gasteiger partial charge is 0.219 e. The van der Waals surface area contributed by atoms with Crippen LogP contribution >= 0.6 is 0 Å². The Kier molecular flexibility index (Phi) is 5.24. The lowest BCUT2D eigenvalue weighted by molar-refractivity contribution is 0.0599. The maximum absolute atomic E-state index is 14.0. The number of nitrogens with one attached hydrogen (secondary N) is 1. The number of H-pyrrole nitrogens is 1. The molecule has 2 atom stereocenters. The number of allylic oxidation sites excluding steroid dienone is 2. The summed E-state index contributed by atoms with van der Waals surface area (Å²) in [6.45, 7) is 1.99. The van der Waals surface area contributed by atoms with E-state index in [4.69, 9.17) is 4.74 Å². The van der Waals surface area contributed by atoms with E-state index in [2.05, 4.69) is 26.5 Å². The number of rotatable bonds is 2. The van der Waals surface area contributed by atoms with E-state index in [1.165, 1.54) is 24.3 Å². The fraction of sp³-hybridized carbons (Fsp3) is 0.259. The second-order valence-electron chi connectivity index (χ2n) is 9.30. The molecule has 3 heterocycles. The number of benzene rings is 2. The summed E-state index contributed by atoms with van der Waals surface area (Å²) in [6.07, 6.45) is 8.21. The van der Waals surface area contributed by atoms with Gasteiger partial charge < -0.3 is 19.2 Å². The van der Waals surface area contributed by atoms with Crippen molar-refractivity contribution in [1.82, 2.24) is 14.5 Å². The number of halogens is 2. The molecular weight excluding hydrogens is 448 g/mol. The average molecular weight is 472 g/mol. The second-order valence-corrected chi connectivity index (χ2v) is 9.30. The Morgan fingerprint density at radius 1 is 1.20 bits per heavy atom. The van der Waals surface area contributed by atoms with Crippen molar-refractivity contribution in [3.05, 3.63) is 88.6 Å². The third-order valence-corrected chi connectivity index (χ3v) is 6.95. The fourth-order valence-corrected chi connectivity index (χ4v) is 5.31. The lowest BCUT2D eigenvalue weighted by Crippen LogP contribution is -2.47. The molecule has 1 aromatic heterocycles. The first-order chi connectivity index (χ1) is 17.0. The summed E-state index contributed by atoms with van der Waals surface area (Å²) in [7, 11) is 2.06. The van der Waals surface area contributed by atoms with E-state index in [1.54, 1.807) is 6.07 Å². The molecule has 176 valence electrons. The molecule has 2 aromatic carbocycles. The highest BCUT2D eigenvalue weighted by Gasteiger charge is 2.31. The van der Waals surface area contributed by atoms with Gasteiger partial charge in [0.2, 0.25) is 11.8 Å². The molecule has 2 unspecified atom stereocenters. The van der Waals surface area contributed by atoms with Gasteiger partial charge in [0.05, 0.1) is 29.8 Å². The molecule has 0 radical (unpaired) electrons. The zero-order valence-corrected chi connectivity index (χ0v) is 19.1. The van der Waals surface area contributed by atoms with Crippen LogP contribution in [0.5, 0.6) is 0 Å². The Bertz CT molecular complexity index is 1530. The van der Waals surface area contributed by atoms with Crippen molar-refractivity contribution in [3.8, 4) is 6.19 Å². The highest BCUT2D eigenvalue weighted by Crippen LogP contribution is 2.39. The molecule has 0 amide bonds. The van der Waals surface area contributed by atoms with Crippen LogP contribution in [0.3, 0.4) is 0 Å². The van der Waals surface area contributed by atoms with E-state index >= 15 is 0 Å². The summed E-state index contributed by atoms with van der Waals surface area (Å²) in [6, 6.07) is 11.0. The van der Waals surface area contributed by atoms with E-state index in [0.29, 0.717) is 5.62 Å². The monoisotopic (exact) mass is 471 g/mol. The lowest BCUT2D eigenvalue weighted by atomic mass is 9.83. The topological polar surface area (TPSA) is 69.3 Å². The number of nitriles is 1. The van der Waals surface area contributed by atoms with Gasteiger partial charge in [-0.05, 0) is 65.7 Å². The minimum atomic E-state index is -0.477. The van der Waals surface area contributed by atoms with Crippen molar-refractivity contribution in [1.29, 1.82) is 5.26 Å². The number of ether oxygens (including phenoxy) is 1. The van der Waals surface area contributed by atoms with Crippen LogP contribution in [0.15, 0.2) is 65.4 Å². The maximum atomic E-state index is 14.0. The summed E-state index contributed by atoms with van der Waals surface area (Å²) in [5.41, 5.74) is 5.86. The number of hydrogen-bond donors (Lipinski definition) is 1. The van der Waals surface area contributed by atoms with Crippen molar-refractivity contribution < 1.29 is 13.5 Å². The third kappa shape index (κ3) is 3.83. The molecule has 1 saturated heterocycles. The average Bonchev–Trinajstić information content (AvgIpc) is 3.09. The number of aromatic nitrogens is 2. The van der Waals surface area contributed by atoms with Gasteiger partial charge >= 0.3 is 0 Å². The fourth-order valence-electron chi connectivity index (χ4n) is 5.31. The number of nitrogens with zero attached hydrogens (tertiary/aromatic N) is 4. The quantitative estimate of drug-likeness (QED) is 0.562. The number of aromatic amines is 1. The van der Waals surface area contributed by atoms with Crippen LogP contribution in [0.2, 0.25) is 0 Å². The molecule has 1 aliphatic carbocycles. The summed E-state index contributed by atoms with van der Waals surface area (Å²) < 4.78 is 36.1. The lowest BCUT2D eigenvalue weighted by Gasteiger charge is -2.37. The van der Waals surface area contributed by atoms with Crippen molar-refractivity contribution >= 4 is 22.7 Å². The van der Waals surface area contributed by atoms with Crippen LogP contribution in [0, 0.1) is 23.2 Å². The van der Waals surface area contributed by atoms with Gasteiger partial charge in [-0.15, -0.1) is 4.99 Å². The van der Waals surface area contributed by atoms with Crippen molar-refractivity contribution in [2.75, 3.05) is 20.1 Å². The minimum Gasteiger partial charge on any atom is -0.368 e. The largest absolute Gasteiger partial charge is 0.368 e. The van der Waals surface area contributed by atoms with Crippen molar-refractivity contribution in [2.24, 2.45) is 10.9 Å². The van der Waals surface area contributed by atoms with Crippen LogP contribution in [0.4, 0.5) is 8.78 Å². The number of hydrogen-bond acceptors (Lipinski definition) is 4. The Morgan fingerprint density at radius 2 is 2.06 bits per heavy atom. The molecule has 1 N–H and O–H groups in total. The normalized spacial score (nSPS) is 24.0. The van der Waals surface area contributed by atoms with Crippen LogP contribution in [0.25, 0.3) is 22.7 Å². The second kappa shape index (κ2) is 8.45. The van der Waals surface area contributed by atoms with E-state index in [0.717, 1.165) is 46.4 Å². The molecule has 0 bridgehead atoms. The third-order valence-electron chi connectivity index (χ3n) is 6.95. The highest BCUT2D eigenvalue weighted by atomic mass is 19.1. The first-order valence-electron chi connectivity index (χ1n) is 11.5. The molecule has 6 nitrogen and oxygen atoms in total. The first kappa shape index (κ1) is 21.7. The number of likely N-dealkylation sites (tertiary alicyclic amines) is 1. The molecule has 2 aliphatic heterocycles. The molecular formula is C27H23F2N5O. The van der Waals surface area contributed by atoms with Gasteiger partial charge in [0, 0.05) is 19.0 Å². The van der Waals surface area contributed by atoms with Crippen molar-refractivity contribution in [3.63, 3.8) is 0 Å². The zero-order valence-electron chi connectivity index (χ0n) is 19.1. The van der Waals surface area contributed by atoms with Crippen LogP contribution in [0.1, 0.15) is 22.7 Å². The molecule has 0 spiro atoms. The maximum Gasteiger partial charge on any atom is 0.219 e. The summed E-state index contributed by atoms with van der Waals surface area (Å²) in [4.78, 5) is 9.50. The number of likely N-dealkylation sites (N-methyl/N-ethyl adjacent to an activating group) is 1. The van der Waals surface area contributed by atoms with Crippen LogP contribution in [-0.4, -0.2) is 40.7 Å². The molecule has 8 heteroatoms. The van der Waals surface area contributed by atoms with Crippen molar-refractivity contribution in [2.45, 2.75) is 18.8 Å². The van der Waals surface area contributed by atoms with Gasteiger partial charge in [0.15, 0.2) is 0 Å². The standard InChI is InChI=1S/C27H23F2N5O/c1-33-12-20(13-33)34-25-7-2-16(9-24(25)32-27(34)31-15-30)8-23-21-5-3-18(28)10-17(21)14-35-26-11-19(29)4-6-22(23)26/h2-11,20,22,26H,12-14H2,1H3,(H,31,32)/b23-8+. The Labute approximate surface area is 200 Å². The number of imidazole rings is 1. The molecule has 3 aromatic rings. The summed E-state index contributed by atoms with van der Waals surface area (Å²) in [5, 5.41) is 9.19. The predicted octanol–water partition coefficient (Wildman–Crippen LogP) is 4.46. The Hall–Kier alpha value is -3.80. The molecule has 35 heavy (non-hydrogen) atoms. The summed E-state index contributed by atoms with van der Waals surface area (Å²) in [5.74, 6) is -0.878. The molecule has 1 fully saturated rings. The highest BCUT2D eigenvalue weighted by molar-refractivity contribution is 5.88. The van der Waals surface area contributed by atoms with Gasteiger partial charge in [0.1, 0.15) is 11.6 Å². The molecule has 6 rings (SSSR count). The van der Waals surface area contributed by atoms with Gasteiger partial charge in [-0.1, -0.05) is 24.3 Å².